The molecule has 0 spiro atoms. The molecular formula is C14H29N. The van der Waals surface area contributed by atoms with E-state index in [0.29, 0.717) is 5.54 Å². The SMILES string of the molecule is CCCC(C)(C)NC1CCCCC1CC. The molecule has 0 aliphatic heterocycles. The van der Waals surface area contributed by atoms with Gasteiger partial charge in [-0.1, -0.05) is 39.5 Å². The summed E-state index contributed by atoms with van der Waals surface area (Å²) >= 11 is 0. The monoisotopic (exact) mass is 211 g/mol. The van der Waals surface area contributed by atoms with Crippen molar-refractivity contribution < 1.29 is 0 Å². The van der Waals surface area contributed by atoms with E-state index in [2.05, 4.69) is 33.0 Å². The van der Waals surface area contributed by atoms with E-state index in [4.69, 9.17) is 0 Å². The lowest BCUT2D eigenvalue weighted by Gasteiger charge is -2.38. The molecule has 0 aromatic rings. The summed E-state index contributed by atoms with van der Waals surface area (Å²) in [5.41, 5.74) is 0.337. The van der Waals surface area contributed by atoms with Gasteiger partial charge in [0.1, 0.15) is 0 Å². The van der Waals surface area contributed by atoms with Crippen molar-refractivity contribution >= 4 is 0 Å². The largest absolute Gasteiger partial charge is 0.309 e. The van der Waals surface area contributed by atoms with E-state index in [1.54, 1.807) is 0 Å². The maximum Gasteiger partial charge on any atom is 0.0127 e. The van der Waals surface area contributed by atoms with Crippen molar-refractivity contribution in [2.75, 3.05) is 0 Å². The van der Waals surface area contributed by atoms with Gasteiger partial charge < -0.3 is 5.32 Å². The zero-order chi connectivity index (χ0) is 11.3. The first-order chi connectivity index (χ1) is 7.09. The van der Waals surface area contributed by atoms with Gasteiger partial charge in [0.05, 0.1) is 0 Å². The van der Waals surface area contributed by atoms with Crippen LogP contribution in [0.1, 0.15) is 72.6 Å². The Balaban J connectivity index is 2.46. The topological polar surface area (TPSA) is 12.0 Å². The molecule has 1 N–H and O–H groups in total. The van der Waals surface area contributed by atoms with Crippen LogP contribution in [0.15, 0.2) is 0 Å². The molecule has 15 heavy (non-hydrogen) atoms. The minimum atomic E-state index is 0.337. The van der Waals surface area contributed by atoms with Crippen molar-refractivity contribution in [1.29, 1.82) is 0 Å². The van der Waals surface area contributed by atoms with Crippen molar-refractivity contribution in [2.45, 2.75) is 84.2 Å². The molecule has 0 heterocycles. The van der Waals surface area contributed by atoms with Crippen LogP contribution in [-0.4, -0.2) is 11.6 Å². The van der Waals surface area contributed by atoms with Gasteiger partial charge in [0.2, 0.25) is 0 Å². The Bertz CT molecular complexity index is 174. The van der Waals surface area contributed by atoms with Crippen molar-refractivity contribution in [3.8, 4) is 0 Å². The smallest absolute Gasteiger partial charge is 0.0127 e. The number of hydrogen-bond donors (Lipinski definition) is 1. The molecule has 0 bridgehead atoms. The van der Waals surface area contributed by atoms with Gasteiger partial charge in [-0.15, -0.1) is 0 Å². The lowest BCUT2D eigenvalue weighted by molar-refractivity contribution is 0.198. The lowest BCUT2D eigenvalue weighted by Crippen LogP contribution is -2.49. The predicted octanol–water partition coefficient (Wildman–Crippen LogP) is 4.12. The van der Waals surface area contributed by atoms with Crippen molar-refractivity contribution in [3.05, 3.63) is 0 Å². The van der Waals surface area contributed by atoms with Crippen LogP contribution in [0.25, 0.3) is 0 Å². The minimum Gasteiger partial charge on any atom is -0.309 e. The zero-order valence-electron chi connectivity index (χ0n) is 11.1. The highest BCUT2D eigenvalue weighted by Crippen LogP contribution is 2.28. The molecule has 1 rings (SSSR count). The minimum absolute atomic E-state index is 0.337. The average Bonchev–Trinajstić information content (AvgIpc) is 2.17. The molecule has 1 heteroatoms. The normalized spacial score (nSPS) is 28.0. The fourth-order valence-corrected chi connectivity index (χ4v) is 3.09. The second kappa shape index (κ2) is 5.89. The maximum atomic E-state index is 3.90. The van der Waals surface area contributed by atoms with E-state index in [0.717, 1.165) is 12.0 Å². The molecule has 0 aromatic heterocycles. The summed E-state index contributed by atoms with van der Waals surface area (Å²) in [6.45, 7) is 9.34. The van der Waals surface area contributed by atoms with Gasteiger partial charge in [0.25, 0.3) is 0 Å². The van der Waals surface area contributed by atoms with E-state index < -0.39 is 0 Å². The molecule has 0 saturated heterocycles. The van der Waals surface area contributed by atoms with Gasteiger partial charge in [-0.25, -0.2) is 0 Å². The predicted molar refractivity (Wildman–Crippen MR) is 68.2 cm³/mol. The van der Waals surface area contributed by atoms with Gasteiger partial charge >= 0.3 is 0 Å². The summed E-state index contributed by atoms with van der Waals surface area (Å²) in [6, 6.07) is 0.783. The van der Waals surface area contributed by atoms with Crippen molar-refractivity contribution in [1.82, 2.24) is 5.32 Å². The Morgan fingerprint density at radius 2 is 1.80 bits per heavy atom. The molecule has 0 radical (unpaired) electrons. The third-order valence-corrected chi connectivity index (χ3v) is 3.88. The number of nitrogens with one attached hydrogen (secondary N) is 1. The van der Waals surface area contributed by atoms with Crippen molar-refractivity contribution in [2.24, 2.45) is 5.92 Å². The summed E-state index contributed by atoms with van der Waals surface area (Å²) < 4.78 is 0. The molecule has 0 aromatic carbocycles. The highest BCUT2D eigenvalue weighted by molar-refractivity contribution is 4.87. The standard InChI is InChI=1S/C14H29N/c1-5-11-14(3,4)15-13-10-8-7-9-12(13)6-2/h12-13,15H,5-11H2,1-4H3. The fraction of sp³-hybridized carbons (Fsp3) is 1.00. The highest BCUT2D eigenvalue weighted by atomic mass is 15.0. The molecule has 90 valence electrons. The average molecular weight is 211 g/mol. The van der Waals surface area contributed by atoms with Crippen LogP contribution >= 0.6 is 0 Å². The lowest BCUT2D eigenvalue weighted by atomic mass is 9.81. The van der Waals surface area contributed by atoms with Crippen LogP contribution in [0.4, 0.5) is 0 Å². The first-order valence-corrected chi connectivity index (χ1v) is 6.86. The number of rotatable bonds is 5. The van der Waals surface area contributed by atoms with Gasteiger partial charge in [-0.2, -0.15) is 0 Å². The molecule has 1 nitrogen and oxygen atoms in total. The Morgan fingerprint density at radius 3 is 2.40 bits per heavy atom. The third-order valence-electron chi connectivity index (χ3n) is 3.88. The molecule has 1 fully saturated rings. The Morgan fingerprint density at radius 1 is 1.13 bits per heavy atom. The summed E-state index contributed by atoms with van der Waals surface area (Å²) in [6.07, 6.45) is 9.63. The molecule has 0 amide bonds. The fourth-order valence-electron chi connectivity index (χ4n) is 3.09. The van der Waals surface area contributed by atoms with Crippen LogP contribution in [0.2, 0.25) is 0 Å². The van der Waals surface area contributed by atoms with Gasteiger partial charge in [-0.3, -0.25) is 0 Å². The molecule has 2 atom stereocenters. The van der Waals surface area contributed by atoms with Crippen LogP contribution in [0.3, 0.4) is 0 Å². The van der Waals surface area contributed by atoms with E-state index in [-0.39, 0.29) is 0 Å². The Hall–Kier alpha value is -0.0400. The Labute approximate surface area is 96.0 Å². The van der Waals surface area contributed by atoms with Gasteiger partial charge in [0, 0.05) is 11.6 Å². The van der Waals surface area contributed by atoms with Gasteiger partial charge in [-0.05, 0) is 39.0 Å². The number of hydrogen-bond acceptors (Lipinski definition) is 1. The maximum absolute atomic E-state index is 3.90. The molecule has 1 aliphatic carbocycles. The van der Waals surface area contributed by atoms with E-state index >= 15 is 0 Å². The summed E-state index contributed by atoms with van der Waals surface area (Å²) in [5.74, 6) is 0.926. The quantitative estimate of drug-likeness (QED) is 0.721. The summed E-state index contributed by atoms with van der Waals surface area (Å²) in [7, 11) is 0. The van der Waals surface area contributed by atoms with E-state index in [9.17, 15) is 0 Å². The molecule has 2 unspecified atom stereocenters. The molecule has 1 saturated carbocycles. The van der Waals surface area contributed by atoms with Crippen LogP contribution in [0, 0.1) is 5.92 Å². The summed E-state index contributed by atoms with van der Waals surface area (Å²) in [4.78, 5) is 0. The first-order valence-electron chi connectivity index (χ1n) is 6.86. The van der Waals surface area contributed by atoms with Gasteiger partial charge in [0.15, 0.2) is 0 Å². The highest BCUT2D eigenvalue weighted by Gasteiger charge is 2.28. The first kappa shape index (κ1) is 13.0. The van der Waals surface area contributed by atoms with E-state index in [1.165, 1.54) is 44.9 Å². The van der Waals surface area contributed by atoms with Crippen molar-refractivity contribution in [3.63, 3.8) is 0 Å². The second-order valence-electron chi connectivity index (χ2n) is 5.84. The van der Waals surface area contributed by atoms with E-state index in [1.807, 2.05) is 0 Å². The second-order valence-corrected chi connectivity index (χ2v) is 5.84. The van der Waals surface area contributed by atoms with Crippen LogP contribution in [-0.2, 0) is 0 Å². The molecular weight excluding hydrogens is 182 g/mol. The molecule has 1 aliphatic rings. The Kier molecular flexibility index (Phi) is 5.11. The van der Waals surface area contributed by atoms with Crippen LogP contribution in [0.5, 0.6) is 0 Å². The third kappa shape index (κ3) is 4.14. The zero-order valence-corrected chi connectivity index (χ0v) is 11.1. The summed E-state index contributed by atoms with van der Waals surface area (Å²) in [5, 5.41) is 3.90. The van der Waals surface area contributed by atoms with Crippen LogP contribution < -0.4 is 5.32 Å².